The van der Waals surface area contributed by atoms with Gasteiger partial charge in [-0.05, 0) is 25.0 Å². The number of benzene rings is 1. The molecule has 0 aliphatic carbocycles. The van der Waals surface area contributed by atoms with Crippen molar-refractivity contribution in [2.75, 3.05) is 5.32 Å². The van der Waals surface area contributed by atoms with Gasteiger partial charge in [0.15, 0.2) is 5.66 Å². The molecule has 0 bridgehead atoms. The van der Waals surface area contributed by atoms with Gasteiger partial charge < -0.3 is 9.88 Å². The molecule has 138 valence electrons. The Morgan fingerprint density at radius 1 is 1.22 bits per heavy atom. The average molecular weight is 361 g/mol. The van der Waals surface area contributed by atoms with Gasteiger partial charge in [0.25, 0.3) is 0 Å². The molecule has 0 saturated heterocycles. The first-order valence-corrected chi connectivity index (χ1v) is 9.51. The molecule has 1 N–H and O–H groups in total. The molecule has 2 aliphatic heterocycles. The summed E-state index contributed by atoms with van der Waals surface area (Å²) in [6.45, 7) is 1.05. The molecule has 0 saturated carbocycles. The summed E-state index contributed by atoms with van der Waals surface area (Å²) in [5, 5.41) is 11.1. The maximum absolute atomic E-state index is 12.2. The van der Waals surface area contributed by atoms with Crippen LogP contribution in [0.25, 0.3) is 11.3 Å². The van der Waals surface area contributed by atoms with Crippen molar-refractivity contribution < 1.29 is 4.79 Å². The zero-order chi connectivity index (χ0) is 18.7. The summed E-state index contributed by atoms with van der Waals surface area (Å²) in [5.74, 6) is 3.74. The van der Waals surface area contributed by atoms with Gasteiger partial charge in [0.05, 0.1) is 5.69 Å². The van der Waals surface area contributed by atoms with E-state index in [4.69, 9.17) is 11.4 Å². The molecular weight excluding hydrogens is 338 g/mol. The molecule has 4 rings (SSSR count). The third kappa shape index (κ3) is 4.08. The molecule has 0 atom stereocenters. The number of fused-ring (bicyclic) bond motifs is 1. The lowest BCUT2D eigenvalue weighted by molar-refractivity contribution is -0.116. The number of nitrogens with zero attached hydrogens (tertiary/aromatic N) is 4. The second-order valence-corrected chi connectivity index (χ2v) is 7.20. The number of terminal acetylenes is 1. The summed E-state index contributed by atoms with van der Waals surface area (Å²) < 4.78 is 2.25. The van der Waals surface area contributed by atoms with Crippen LogP contribution in [0.2, 0.25) is 0 Å². The van der Waals surface area contributed by atoms with Crippen molar-refractivity contribution in [3.8, 4) is 23.6 Å². The fraction of sp³-hybridized carbons (Fsp3) is 0.429. The van der Waals surface area contributed by atoms with Gasteiger partial charge in [0.2, 0.25) is 5.91 Å². The van der Waals surface area contributed by atoms with Gasteiger partial charge in [-0.15, -0.1) is 12.3 Å². The first-order valence-electron chi connectivity index (χ1n) is 9.51. The maximum atomic E-state index is 12.2. The Hall–Kier alpha value is -2.94. The van der Waals surface area contributed by atoms with Gasteiger partial charge in [0.1, 0.15) is 5.82 Å². The quantitative estimate of drug-likeness (QED) is 0.752. The fourth-order valence-electron chi connectivity index (χ4n) is 3.48. The molecule has 2 aromatic rings. The summed E-state index contributed by atoms with van der Waals surface area (Å²) in [6, 6.07) is 7.85. The highest BCUT2D eigenvalue weighted by molar-refractivity contribution is 5.91. The lowest BCUT2D eigenvalue weighted by Crippen LogP contribution is -2.17. The Labute approximate surface area is 159 Å². The average Bonchev–Trinajstić information content (AvgIpc) is 3.33. The van der Waals surface area contributed by atoms with E-state index in [1.807, 2.05) is 24.3 Å². The number of nitrogens with one attached hydrogen (secondary N) is 1. The van der Waals surface area contributed by atoms with Gasteiger partial charge in [-0.1, -0.05) is 12.1 Å². The molecule has 2 aliphatic rings. The summed E-state index contributed by atoms with van der Waals surface area (Å²) >= 11 is 0. The minimum atomic E-state index is -0.409. The van der Waals surface area contributed by atoms with Crippen LogP contribution in [-0.4, -0.2) is 21.1 Å². The van der Waals surface area contributed by atoms with Crippen LogP contribution in [0.5, 0.6) is 0 Å². The minimum absolute atomic E-state index is 0.0300. The number of hydrogen-bond acceptors (Lipinski definition) is 4. The number of imidazole rings is 1. The highest BCUT2D eigenvalue weighted by Crippen LogP contribution is 2.37. The Morgan fingerprint density at radius 3 is 2.74 bits per heavy atom. The van der Waals surface area contributed by atoms with Crippen molar-refractivity contribution in [1.29, 1.82) is 0 Å². The molecule has 6 nitrogen and oxygen atoms in total. The van der Waals surface area contributed by atoms with Gasteiger partial charge in [0, 0.05) is 56.1 Å². The van der Waals surface area contributed by atoms with Crippen LogP contribution in [0.1, 0.15) is 44.3 Å². The van der Waals surface area contributed by atoms with E-state index in [2.05, 4.69) is 32.2 Å². The van der Waals surface area contributed by atoms with E-state index in [0.29, 0.717) is 19.3 Å². The Kier molecular flexibility index (Phi) is 4.76. The van der Waals surface area contributed by atoms with Crippen molar-refractivity contribution in [3.05, 3.63) is 36.3 Å². The molecular formula is C21H23N5O. The third-order valence-electron chi connectivity index (χ3n) is 5.18. The van der Waals surface area contributed by atoms with E-state index in [0.717, 1.165) is 36.3 Å². The van der Waals surface area contributed by atoms with Gasteiger partial charge >= 0.3 is 0 Å². The van der Waals surface area contributed by atoms with Crippen molar-refractivity contribution in [3.63, 3.8) is 0 Å². The molecule has 0 unspecified atom stereocenters. The Balaban J connectivity index is 1.32. The molecule has 0 fully saturated rings. The van der Waals surface area contributed by atoms with Crippen molar-refractivity contribution in [1.82, 2.24) is 9.55 Å². The van der Waals surface area contributed by atoms with Gasteiger partial charge in [-0.25, -0.2) is 4.98 Å². The third-order valence-corrected chi connectivity index (χ3v) is 5.18. The van der Waals surface area contributed by atoms with Crippen molar-refractivity contribution in [2.45, 2.75) is 57.2 Å². The number of aryl methyl sites for hydroxylation is 2. The number of anilines is 1. The van der Waals surface area contributed by atoms with E-state index < -0.39 is 5.66 Å². The zero-order valence-electron chi connectivity index (χ0n) is 15.3. The maximum Gasteiger partial charge on any atom is 0.224 e. The van der Waals surface area contributed by atoms with Crippen molar-refractivity contribution >= 4 is 11.6 Å². The van der Waals surface area contributed by atoms with Crippen LogP contribution in [0, 0.1) is 12.3 Å². The van der Waals surface area contributed by atoms with E-state index in [1.54, 1.807) is 0 Å². The first kappa shape index (κ1) is 17.5. The van der Waals surface area contributed by atoms with Crippen LogP contribution in [-0.2, 0) is 17.8 Å². The summed E-state index contributed by atoms with van der Waals surface area (Å²) in [7, 11) is 0. The predicted molar refractivity (Wildman–Crippen MR) is 104 cm³/mol. The monoisotopic (exact) mass is 361 g/mol. The second kappa shape index (κ2) is 7.36. The summed E-state index contributed by atoms with van der Waals surface area (Å²) in [6.07, 6.45) is 13.2. The van der Waals surface area contributed by atoms with Crippen LogP contribution in [0.3, 0.4) is 0 Å². The van der Waals surface area contributed by atoms with Crippen LogP contribution < -0.4 is 5.32 Å². The molecule has 0 spiro atoms. The minimum Gasteiger partial charge on any atom is -0.334 e. The molecule has 1 amide bonds. The van der Waals surface area contributed by atoms with Crippen molar-refractivity contribution in [2.24, 2.45) is 10.2 Å². The molecule has 27 heavy (non-hydrogen) atoms. The number of aromatic nitrogens is 2. The predicted octanol–water partition coefficient (Wildman–Crippen LogP) is 4.18. The number of hydrogen-bond donors (Lipinski definition) is 1. The lowest BCUT2D eigenvalue weighted by atomic mass is 10.0. The van der Waals surface area contributed by atoms with E-state index in [9.17, 15) is 4.79 Å². The molecule has 1 aromatic heterocycles. The summed E-state index contributed by atoms with van der Waals surface area (Å²) in [5.41, 5.74) is 2.44. The Bertz CT molecular complexity index is 874. The molecule has 0 radical (unpaired) electrons. The van der Waals surface area contributed by atoms with Crippen LogP contribution >= 0.6 is 0 Å². The molecule has 6 heteroatoms. The second-order valence-electron chi connectivity index (χ2n) is 7.20. The SMILES string of the molecule is C#CCCC1(CCC(=O)Nc2ccc(-c3cn4c(n3)CCCC4)cc2)N=N1. The van der Waals surface area contributed by atoms with Crippen LogP contribution in [0.4, 0.5) is 5.69 Å². The summed E-state index contributed by atoms with van der Waals surface area (Å²) in [4.78, 5) is 16.9. The van der Waals surface area contributed by atoms with E-state index in [-0.39, 0.29) is 5.91 Å². The standard InChI is InChI=1S/C21H23N5O/c1-2-3-12-21(24-25-21)13-11-20(27)22-17-9-7-16(8-10-17)18-15-26-14-5-4-6-19(26)23-18/h1,7-10,15H,3-6,11-14H2,(H,22,27). The highest BCUT2D eigenvalue weighted by atomic mass is 16.1. The fourth-order valence-corrected chi connectivity index (χ4v) is 3.48. The smallest absolute Gasteiger partial charge is 0.224 e. The number of rotatable bonds is 7. The normalized spacial score (nSPS) is 16.4. The number of carbonyl (C=O) groups is 1. The number of amides is 1. The van der Waals surface area contributed by atoms with Gasteiger partial charge in [-0.3, -0.25) is 4.79 Å². The first-order chi connectivity index (χ1) is 13.2. The van der Waals surface area contributed by atoms with E-state index >= 15 is 0 Å². The highest BCUT2D eigenvalue weighted by Gasteiger charge is 2.39. The zero-order valence-corrected chi connectivity index (χ0v) is 15.3. The Morgan fingerprint density at radius 2 is 2.04 bits per heavy atom. The molecule has 3 heterocycles. The topological polar surface area (TPSA) is 71.6 Å². The van der Waals surface area contributed by atoms with Crippen LogP contribution in [0.15, 0.2) is 40.7 Å². The largest absolute Gasteiger partial charge is 0.334 e. The lowest BCUT2D eigenvalue weighted by Gasteiger charge is -2.11. The van der Waals surface area contributed by atoms with E-state index in [1.165, 1.54) is 18.7 Å². The number of carbonyl (C=O) groups excluding carboxylic acids is 1. The molecule has 1 aromatic carbocycles. The van der Waals surface area contributed by atoms with Gasteiger partial charge in [-0.2, -0.15) is 10.2 Å².